The van der Waals surface area contributed by atoms with Crippen LogP contribution in [0.1, 0.15) is 0 Å². The lowest BCUT2D eigenvalue weighted by atomic mass is 10.2. The van der Waals surface area contributed by atoms with E-state index < -0.39 is 0 Å². The topological polar surface area (TPSA) is 86.5 Å². The Morgan fingerprint density at radius 3 is 2.59 bits per heavy atom. The van der Waals surface area contributed by atoms with Gasteiger partial charge >= 0.3 is 0 Å². The monoisotopic (exact) mass is 371 g/mol. The maximum absolute atomic E-state index is 10.1. The second-order valence-corrected chi connectivity index (χ2v) is 6.99. The molecule has 27 heavy (non-hydrogen) atoms. The van der Waals surface area contributed by atoms with E-state index in [0.717, 1.165) is 31.6 Å². The van der Waals surface area contributed by atoms with Crippen molar-refractivity contribution in [3.63, 3.8) is 0 Å². The van der Waals surface area contributed by atoms with Crippen molar-refractivity contribution >= 4 is 44.0 Å². The predicted octanol–water partition coefficient (Wildman–Crippen LogP) is 5.96. The lowest BCUT2D eigenvalue weighted by Gasteiger charge is -1.94. The summed E-state index contributed by atoms with van der Waals surface area (Å²) >= 11 is 1.59. The van der Waals surface area contributed by atoms with Crippen molar-refractivity contribution in [2.24, 2.45) is 10.2 Å². The standard InChI is InChI=1S/C20H13N5OS/c26-19-17(13-8-4-5-9-15(13)23-19)24-25-18-14-10-16(12-6-2-1-3-7-12)27-20(14)22-11-21-18/h1-11,23,26H. The summed E-state index contributed by atoms with van der Waals surface area (Å²) < 4.78 is 0. The van der Waals surface area contributed by atoms with E-state index in [4.69, 9.17) is 0 Å². The molecule has 0 unspecified atom stereocenters. The van der Waals surface area contributed by atoms with E-state index in [1.807, 2.05) is 48.5 Å². The molecule has 0 saturated heterocycles. The highest BCUT2D eigenvalue weighted by molar-refractivity contribution is 7.21. The summed E-state index contributed by atoms with van der Waals surface area (Å²) in [4.78, 5) is 13.5. The number of hydrogen-bond donors (Lipinski definition) is 2. The molecule has 3 aromatic heterocycles. The zero-order chi connectivity index (χ0) is 18.2. The number of para-hydroxylation sites is 1. The molecule has 0 aliphatic rings. The van der Waals surface area contributed by atoms with E-state index in [1.165, 1.54) is 6.33 Å². The van der Waals surface area contributed by atoms with Crippen LogP contribution in [0.15, 0.2) is 77.2 Å². The number of H-pyrrole nitrogens is 1. The normalized spacial score (nSPS) is 11.7. The molecule has 0 saturated carbocycles. The largest absolute Gasteiger partial charge is 0.493 e. The summed E-state index contributed by atoms with van der Waals surface area (Å²) in [5.41, 5.74) is 2.33. The van der Waals surface area contributed by atoms with Crippen molar-refractivity contribution in [3.8, 4) is 16.3 Å². The Hall–Kier alpha value is -3.58. The Morgan fingerprint density at radius 2 is 1.70 bits per heavy atom. The third-order valence-corrected chi connectivity index (χ3v) is 5.36. The zero-order valence-corrected chi connectivity index (χ0v) is 14.8. The van der Waals surface area contributed by atoms with Crippen LogP contribution < -0.4 is 0 Å². The number of aromatic amines is 1. The van der Waals surface area contributed by atoms with Gasteiger partial charge in [-0.05, 0) is 17.7 Å². The number of thiophene rings is 1. The Kier molecular flexibility index (Phi) is 3.65. The van der Waals surface area contributed by atoms with Crippen molar-refractivity contribution in [3.05, 3.63) is 67.0 Å². The van der Waals surface area contributed by atoms with Gasteiger partial charge in [-0.2, -0.15) is 0 Å². The van der Waals surface area contributed by atoms with Crippen molar-refractivity contribution in [1.29, 1.82) is 0 Å². The molecule has 0 amide bonds. The number of benzene rings is 2. The molecule has 2 N–H and O–H groups in total. The number of fused-ring (bicyclic) bond motifs is 2. The third-order valence-electron chi connectivity index (χ3n) is 4.27. The maximum Gasteiger partial charge on any atom is 0.218 e. The molecule has 0 aliphatic heterocycles. The number of nitrogens with one attached hydrogen (secondary N) is 1. The van der Waals surface area contributed by atoms with Crippen molar-refractivity contribution < 1.29 is 5.11 Å². The predicted molar refractivity (Wildman–Crippen MR) is 107 cm³/mol. The molecular formula is C20H13N5OS. The first-order chi connectivity index (χ1) is 13.3. The van der Waals surface area contributed by atoms with E-state index in [9.17, 15) is 5.11 Å². The van der Waals surface area contributed by atoms with E-state index >= 15 is 0 Å². The molecule has 0 atom stereocenters. The molecule has 3 heterocycles. The molecule has 0 bridgehead atoms. The molecule has 6 nitrogen and oxygen atoms in total. The fourth-order valence-electron chi connectivity index (χ4n) is 2.98. The summed E-state index contributed by atoms with van der Waals surface area (Å²) in [6.07, 6.45) is 1.48. The minimum absolute atomic E-state index is 0.0134. The van der Waals surface area contributed by atoms with Gasteiger partial charge in [0.05, 0.1) is 10.9 Å². The maximum atomic E-state index is 10.1. The van der Waals surface area contributed by atoms with Crippen molar-refractivity contribution in [2.45, 2.75) is 0 Å². The SMILES string of the molecule is Oc1[nH]c2ccccc2c1N=Nc1ncnc2sc(-c3ccccc3)cc12. The first kappa shape index (κ1) is 15.7. The van der Waals surface area contributed by atoms with Crippen LogP contribution >= 0.6 is 11.3 Å². The van der Waals surface area contributed by atoms with Gasteiger partial charge < -0.3 is 10.1 Å². The van der Waals surface area contributed by atoms with Gasteiger partial charge in [0.15, 0.2) is 11.5 Å². The summed E-state index contributed by atoms with van der Waals surface area (Å²) in [6, 6.07) is 19.7. The summed E-state index contributed by atoms with van der Waals surface area (Å²) in [5, 5.41) is 20.3. The van der Waals surface area contributed by atoms with Crippen LogP contribution in [0.25, 0.3) is 31.6 Å². The molecule has 7 heteroatoms. The quantitative estimate of drug-likeness (QED) is 0.384. The first-order valence-corrected chi connectivity index (χ1v) is 9.12. The molecular weight excluding hydrogens is 358 g/mol. The van der Waals surface area contributed by atoms with Crippen molar-refractivity contribution in [1.82, 2.24) is 15.0 Å². The molecule has 130 valence electrons. The number of azo groups is 1. The fraction of sp³-hybridized carbons (Fsp3) is 0. The number of nitrogens with zero attached hydrogens (tertiary/aromatic N) is 4. The zero-order valence-electron chi connectivity index (χ0n) is 14.0. The van der Waals surface area contributed by atoms with Crippen LogP contribution in [0.5, 0.6) is 5.88 Å². The first-order valence-electron chi connectivity index (χ1n) is 8.31. The average molecular weight is 371 g/mol. The molecule has 2 aromatic carbocycles. The van der Waals surface area contributed by atoms with Gasteiger partial charge in [0.2, 0.25) is 5.88 Å². The molecule has 0 radical (unpaired) electrons. The Morgan fingerprint density at radius 1 is 0.889 bits per heavy atom. The minimum atomic E-state index is -0.0134. The van der Waals surface area contributed by atoms with Gasteiger partial charge in [0, 0.05) is 10.3 Å². The Labute approximate surface area is 157 Å². The van der Waals surface area contributed by atoms with Gasteiger partial charge in [0.1, 0.15) is 11.2 Å². The van der Waals surface area contributed by atoms with Crippen LogP contribution in [0.3, 0.4) is 0 Å². The third kappa shape index (κ3) is 2.74. The number of aromatic nitrogens is 3. The van der Waals surface area contributed by atoms with Crippen LogP contribution in [0.2, 0.25) is 0 Å². The average Bonchev–Trinajstić information content (AvgIpc) is 3.28. The summed E-state index contributed by atoms with van der Waals surface area (Å²) in [5.74, 6) is 0.462. The minimum Gasteiger partial charge on any atom is -0.493 e. The smallest absolute Gasteiger partial charge is 0.218 e. The Balaban J connectivity index is 1.60. The number of aromatic hydroxyl groups is 1. The Bertz CT molecular complexity index is 1290. The molecule has 5 aromatic rings. The summed E-state index contributed by atoms with van der Waals surface area (Å²) in [7, 11) is 0. The fourth-order valence-corrected chi connectivity index (χ4v) is 3.98. The molecule has 5 rings (SSSR count). The van der Waals surface area contributed by atoms with Gasteiger partial charge in [-0.15, -0.1) is 21.6 Å². The van der Waals surface area contributed by atoms with E-state index in [0.29, 0.717) is 11.5 Å². The lowest BCUT2D eigenvalue weighted by Crippen LogP contribution is -1.77. The van der Waals surface area contributed by atoms with Crippen LogP contribution in [0, 0.1) is 0 Å². The second-order valence-electron chi connectivity index (χ2n) is 5.96. The number of rotatable bonds is 3. The van der Waals surface area contributed by atoms with Crippen molar-refractivity contribution in [2.75, 3.05) is 0 Å². The molecule has 0 aliphatic carbocycles. The number of hydrogen-bond acceptors (Lipinski definition) is 6. The molecule has 0 fully saturated rings. The van der Waals surface area contributed by atoms with Crippen LogP contribution in [0.4, 0.5) is 11.5 Å². The van der Waals surface area contributed by atoms with E-state index in [2.05, 4.69) is 37.3 Å². The van der Waals surface area contributed by atoms with E-state index in [1.54, 1.807) is 11.3 Å². The van der Waals surface area contributed by atoms with Gasteiger partial charge in [-0.1, -0.05) is 48.5 Å². The van der Waals surface area contributed by atoms with Crippen LogP contribution in [-0.2, 0) is 0 Å². The van der Waals surface area contributed by atoms with E-state index in [-0.39, 0.29) is 5.88 Å². The van der Waals surface area contributed by atoms with Crippen LogP contribution in [-0.4, -0.2) is 20.1 Å². The highest BCUT2D eigenvalue weighted by Crippen LogP contribution is 2.38. The second kappa shape index (κ2) is 6.30. The highest BCUT2D eigenvalue weighted by Gasteiger charge is 2.12. The van der Waals surface area contributed by atoms with Gasteiger partial charge in [-0.3, -0.25) is 0 Å². The van der Waals surface area contributed by atoms with Gasteiger partial charge in [-0.25, -0.2) is 9.97 Å². The lowest BCUT2D eigenvalue weighted by molar-refractivity contribution is 0.459. The van der Waals surface area contributed by atoms with Gasteiger partial charge in [0.25, 0.3) is 0 Å². The molecule has 0 spiro atoms. The summed E-state index contributed by atoms with van der Waals surface area (Å²) in [6.45, 7) is 0. The highest BCUT2D eigenvalue weighted by atomic mass is 32.1.